The number of nitro groups is 1. The first-order valence-electron chi connectivity index (χ1n) is 7.26. The van der Waals surface area contributed by atoms with Crippen molar-refractivity contribution in [2.24, 2.45) is 5.10 Å². The molecule has 1 N–H and O–H groups in total. The third-order valence-electron chi connectivity index (χ3n) is 3.48. The van der Waals surface area contributed by atoms with Gasteiger partial charge in [-0.1, -0.05) is 6.07 Å². The highest BCUT2D eigenvalue weighted by molar-refractivity contribution is 5.95. The molecule has 0 aliphatic rings. The third kappa shape index (κ3) is 4.31. The van der Waals surface area contributed by atoms with Gasteiger partial charge in [0.15, 0.2) is 0 Å². The molecule has 0 heterocycles. The van der Waals surface area contributed by atoms with E-state index >= 15 is 0 Å². The zero-order valence-electron chi connectivity index (χ0n) is 14.0. The molecule has 0 aromatic heterocycles. The Hall–Kier alpha value is -3.42. The van der Waals surface area contributed by atoms with Gasteiger partial charge in [-0.05, 0) is 25.1 Å². The lowest BCUT2D eigenvalue weighted by Crippen LogP contribution is -2.18. The number of nitrogens with one attached hydrogen (secondary N) is 1. The van der Waals surface area contributed by atoms with Crippen molar-refractivity contribution in [3.05, 3.63) is 63.2 Å². The summed E-state index contributed by atoms with van der Waals surface area (Å²) in [5, 5.41) is 14.8. The van der Waals surface area contributed by atoms with Gasteiger partial charge in [-0.3, -0.25) is 14.9 Å². The number of hydrogen-bond donors (Lipinski definition) is 1. The van der Waals surface area contributed by atoms with Gasteiger partial charge in [0.05, 0.1) is 25.4 Å². The summed E-state index contributed by atoms with van der Waals surface area (Å²) in [6.07, 6.45) is 1.42. The molecular weight excluding hydrogens is 326 g/mol. The lowest BCUT2D eigenvalue weighted by atomic mass is 10.1. The number of nitrogens with zero attached hydrogens (tertiary/aromatic N) is 2. The summed E-state index contributed by atoms with van der Waals surface area (Å²) in [6, 6.07) is 9.38. The molecule has 0 saturated heterocycles. The van der Waals surface area contributed by atoms with Crippen LogP contribution in [-0.2, 0) is 0 Å². The second kappa shape index (κ2) is 7.91. The van der Waals surface area contributed by atoms with Crippen LogP contribution in [0.5, 0.6) is 11.5 Å². The van der Waals surface area contributed by atoms with Gasteiger partial charge in [0.1, 0.15) is 11.5 Å². The Balaban J connectivity index is 2.13. The molecular formula is C17H17N3O5. The standard InChI is InChI=1S/C17H17N3O5/c1-11-4-5-12(8-15(11)20(22)23)17(21)19-18-10-13-6-7-14(24-2)9-16(13)25-3/h4-10H,1-3H3,(H,19,21). The molecule has 0 aliphatic heterocycles. The van der Waals surface area contributed by atoms with E-state index in [1.165, 1.54) is 31.5 Å². The van der Waals surface area contributed by atoms with Crippen molar-refractivity contribution < 1.29 is 19.2 Å². The maximum atomic E-state index is 12.1. The van der Waals surface area contributed by atoms with E-state index in [1.54, 1.807) is 32.2 Å². The molecule has 25 heavy (non-hydrogen) atoms. The van der Waals surface area contributed by atoms with Gasteiger partial charge in [-0.25, -0.2) is 5.43 Å². The Morgan fingerprint density at radius 2 is 1.96 bits per heavy atom. The maximum absolute atomic E-state index is 12.1. The minimum absolute atomic E-state index is 0.117. The number of methoxy groups -OCH3 is 2. The molecule has 130 valence electrons. The number of ether oxygens (including phenoxy) is 2. The Labute approximate surface area is 144 Å². The molecule has 0 saturated carbocycles. The van der Waals surface area contributed by atoms with E-state index in [9.17, 15) is 14.9 Å². The summed E-state index contributed by atoms with van der Waals surface area (Å²) in [5.41, 5.74) is 3.48. The molecule has 0 atom stereocenters. The normalized spacial score (nSPS) is 10.5. The molecule has 8 nitrogen and oxygen atoms in total. The summed E-state index contributed by atoms with van der Waals surface area (Å²) in [5.74, 6) is 0.611. The maximum Gasteiger partial charge on any atom is 0.273 e. The number of amides is 1. The molecule has 0 bridgehead atoms. The van der Waals surface area contributed by atoms with E-state index in [0.29, 0.717) is 22.6 Å². The van der Waals surface area contributed by atoms with Crippen LogP contribution in [0.1, 0.15) is 21.5 Å². The first kappa shape index (κ1) is 17.9. The first-order valence-corrected chi connectivity index (χ1v) is 7.26. The Morgan fingerprint density at radius 3 is 2.60 bits per heavy atom. The highest BCUT2D eigenvalue weighted by atomic mass is 16.6. The molecule has 0 fully saturated rings. The monoisotopic (exact) mass is 343 g/mol. The summed E-state index contributed by atoms with van der Waals surface area (Å²) in [4.78, 5) is 22.5. The van der Waals surface area contributed by atoms with Crippen LogP contribution in [0.15, 0.2) is 41.5 Å². The predicted molar refractivity (Wildman–Crippen MR) is 92.4 cm³/mol. The summed E-state index contributed by atoms with van der Waals surface area (Å²) in [6.45, 7) is 1.61. The van der Waals surface area contributed by atoms with E-state index in [0.717, 1.165) is 0 Å². The van der Waals surface area contributed by atoms with E-state index < -0.39 is 10.8 Å². The van der Waals surface area contributed by atoms with Gasteiger partial charge in [-0.2, -0.15) is 5.10 Å². The van der Waals surface area contributed by atoms with Gasteiger partial charge in [0.2, 0.25) is 0 Å². The minimum Gasteiger partial charge on any atom is -0.497 e. The number of carbonyl (C=O) groups is 1. The second-order valence-electron chi connectivity index (χ2n) is 5.07. The number of hydrazone groups is 1. The molecule has 2 aromatic carbocycles. The van der Waals surface area contributed by atoms with E-state index in [1.807, 2.05) is 0 Å². The SMILES string of the molecule is COc1ccc(C=NNC(=O)c2ccc(C)c([N+](=O)[O-])c2)c(OC)c1. The minimum atomic E-state index is -0.549. The van der Waals surface area contributed by atoms with Gasteiger partial charge in [0, 0.05) is 28.8 Å². The number of carbonyl (C=O) groups excluding carboxylic acids is 1. The van der Waals surface area contributed by atoms with Gasteiger partial charge in [0.25, 0.3) is 11.6 Å². The average Bonchev–Trinajstić information content (AvgIpc) is 2.61. The van der Waals surface area contributed by atoms with Crippen molar-refractivity contribution >= 4 is 17.8 Å². The van der Waals surface area contributed by atoms with E-state index in [4.69, 9.17) is 9.47 Å². The summed E-state index contributed by atoms with van der Waals surface area (Å²) in [7, 11) is 3.06. The second-order valence-corrected chi connectivity index (χ2v) is 5.07. The Morgan fingerprint density at radius 1 is 1.20 bits per heavy atom. The third-order valence-corrected chi connectivity index (χ3v) is 3.48. The molecule has 8 heteroatoms. The fourth-order valence-electron chi connectivity index (χ4n) is 2.10. The van der Waals surface area contributed by atoms with Crippen LogP contribution in [0, 0.1) is 17.0 Å². The van der Waals surface area contributed by atoms with Crippen molar-refractivity contribution in [2.45, 2.75) is 6.92 Å². The van der Waals surface area contributed by atoms with Crippen LogP contribution in [0.4, 0.5) is 5.69 Å². The van der Waals surface area contributed by atoms with Crippen LogP contribution in [0.3, 0.4) is 0 Å². The fraction of sp³-hybridized carbons (Fsp3) is 0.176. The molecule has 0 spiro atoms. The number of rotatable bonds is 6. The van der Waals surface area contributed by atoms with Crippen molar-refractivity contribution in [1.82, 2.24) is 5.43 Å². The van der Waals surface area contributed by atoms with Gasteiger partial charge < -0.3 is 9.47 Å². The molecule has 0 aliphatic carbocycles. The fourth-order valence-corrected chi connectivity index (χ4v) is 2.10. The molecule has 2 rings (SSSR count). The quantitative estimate of drug-likeness (QED) is 0.493. The number of nitro benzene ring substituents is 1. The summed E-state index contributed by atoms with van der Waals surface area (Å²) >= 11 is 0. The number of benzene rings is 2. The Bertz CT molecular complexity index is 833. The van der Waals surface area contributed by atoms with Crippen LogP contribution in [0.2, 0.25) is 0 Å². The van der Waals surface area contributed by atoms with Gasteiger partial charge in [-0.15, -0.1) is 0 Å². The lowest BCUT2D eigenvalue weighted by molar-refractivity contribution is -0.385. The van der Waals surface area contributed by atoms with Crippen molar-refractivity contribution in [2.75, 3.05) is 14.2 Å². The molecule has 0 unspecified atom stereocenters. The number of aryl methyl sites for hydroxylation is 1. The zero-order chi connectivity index (χ0) is 18.4. The first-order chi connectivity index (χ1) is 12.0. The van der Waals surface area contributed by atoms with Crippen LogP contribution in [-0.4, -0.2) is 31.3 Å². The van der Waals surface area contributed by atoms with Crippen molar-refractivity contribution in [3.63, 3.8) is 0 Å². The molecule has 1 amide bonds. The largest absolute Gasteiger partial charge is 0.497 e. The van der Waals surface area contributed by atoms with E-state index in [2.05, 4.69) is 10.5 Å². The average molecular weight is 343 g/mol. The topological polar surface area (TPSA) is 103 Å². The van der Waals surface area contributed by atoms with Crippen molar-refractivity contribution in [1.29, 1.82) is 0 Å². The summed E-state index contributed by atoms with van der Waals surface area (Å²) < 4.78 is 10.3. The lowest BCUT2D eigenvalue weighted by Gasteiger charge is -2.07. The van der Waals surface area contributed by atoms with Crippen LogP contribution in [0.25, 0.3) is 0 Å². The molecule has 0 radical (unpaired) electrons. The Kier molecular flexibility index (Phi) is 5.67. The van der Waals surface area contributed by atoms with Crippen molar-refractivity contribution in [3.8, 4) is 11.5 Å². The molecule has 2 aromatic rings. The van der Waals surface area contributed by atoms with Crippen LogP contribution >= 0.6 is 0 Å². The smallest absolute Gasteiger partial charge is 0.273 e. The zero-order valence-corrected chi connectivity index (χ0v) is 14.0. The van der Waals surface area contributed by atoms with Crippen LogP contribution < -0.4 is 14.9 Å². The van der Waals surface area contributed by atoms with E-state index in [-0.39, 0.29) is 11.3 Å². The van der Waals surface area contributed by atoms with Gasteiger partial charge >= 0.3 is 0 Å². The highest BCUT2D eigenvalue weighted by Gasteiger charge is 2.14. The highest BCUT2D eigenvalue weighted by Crippen LogP contribution is 2.23. The predicted octanol–water partition coefficient (Wildman–Crippen LogP) is 2.68. The number of hydrogen-bond acceptors (Lipinski definition) is 6.